The van der Waals surface area contributed by atoms with Crippen LogP contribution >= 0.6 is 11.8 Å². The monoisotopic (exact) mass is 402 g/mol. The van der Waals surface area contributed by atoms with Crippen LogP contribution in [-0.2, 0) is 14.3 Å². The minimum absolute atomic E-state index is 0.106. The summed E-state index contributed by atoms with van der Waals surface area (Å²) in [4.78, 5) is 23.4. The highest BCUT2D eigenvalue weighted by Gasteiger charge is 2.42. The van der Waals surface area contributed by atoms with Crippen molar-refractivity contribution in [1.29, 1.82) is 0 Å². The van der Waals surface area contributed by atoms with E-state index in [2.05, 4.69) is 11.7 Å². The molecule has 0 aliphatic heterocycles. The van der Waals surface area contributed by atoms with Gasteiger partial charge in [-0.25, -0.2) is 0 Å². The van der Waals surface area contributed by atoms with Gasteiger partial charge >= 0.3 is 5.97 Å². The summed E-state index contributed by atoms with van der Waals surface area (Å²) < 4.78 is 4.63. The zero-order valence-corrected chi connectivity index (χ0v) is 18.1. The van der Waals surface area contributed by atoms with Gasteiger partial charge in [-0.3, -0.25) is 9.59 Å². The second-order valence-corrected chi connectivity index (χ2v) is 9.27. The van der Waals surface area contributed by atoms with Gasteiger partial charge in [0.1, 0.15) is 5.78 Å². The molecule has 4 unspecified atom stereocenters. The van der Waals surface area contributed by atoms with Crippen molar-refractivity contribution in [2.24, 2.45) is 5.92 Å². The molecular formula is C21H38O5S. The van der Waals surface area contributed by atoms with Gasteiger partial charge in [-0.2, -0.15) is 11.8 Å². The zero-order chi connectivity index (χ0) is 20.3. The van der Waals surface area contributed by atoms with E-state index >= 15 is 0 Å². The van der Waals surface area contributed by atoms with Crippen molar-refractivity contribution in [2.75, 3.05) is 12.9 Å². The Bertz CT molecular complexity index is 452. The Morgan fingerprint density at radius 1 is 1.22 bits per heavy atom. The molecular weight excluding hydrogens is 364 g/mol. The van der Waals surface area contributed by atoms with Crippen LogP contribution in [0.4, 0.5) is 0 Å². The number of esters is 1. The number of methoxy groups -OCH3 is 1. The molecule has 0 amide bonds. The summed E-state index contributed by atoms with van der Waals surface area (Å²) in [6.45, 7) is 4.00. The summed E-state index contributed by atoms with van der Waals surface area (Å²) in [5.74, 6) is 0.422. The molecule has 0 aromatic heterocycles. The summed E-state index contributed by atoms with van der Waals surface area (Å²) in [6, 6.07) is 0. The number of hydrogen-bond acceptors (Lipinski definition) is 6. The molecule has 0 radical (unpaired) electrons. The van der Waals surface area contributed by atoms with Crippen molar-refractivity contribution < 1.29 is 24.5 Å². The fourth-order valence-electron chi connectivity index (χ4n) is 3.67. The van der Waals surface area contributed by atoms with Crippen molar-refractivity contribution in [2.45, 2.75) is 101 Å². The maximum Gasteiger partial charge on any atom is 0.305 e. The van der Waals surface area contributed by atoms with Crippen LogP contribution in [0.5, 0.6) is 0 Å². The number of carbonyl (C=O) groups is 2. The Morgan fingerprint density at radius 2 is 1.93 bits per heavy atom. The van der Waals surface area contributed by atoms with Gasteiger partial charge in [0.25, 0.3) is 0 Å². The average molecular weight is 403 g/mol. The van der Waals surface area contributed by atoms with E-state index in [1.807, 2.05) is 6.92 Å². The molecule has 1 saturated carbocycles. The van der Waals surface area contributed by atoms with Crippen molar-refractivity contribution in [3.63, 3.8) is 0 Å². The third-order valence-corrected chi connectivity index (χ3v) is 7.20. The molecule has 1 aliphatic carbocycles. The first-order valence-corrected chi connectivity index (χ1v) is 11.5. The van der Waals surface area contributed by atoms with Gasteiger partial charge < -0.3 is 14.9 Å². The van der Waals surface area contributed by atoms with E-state index in [0.717, 1.165) is 57.8 Å². The van der Waals surface area contributed by atoms with E-state index in [-0.39, 0.29) is 29.3 Å². The first kappa shape index (κ1) is 24.4. The normalized spacial score (nSPS) is 24.8. The van der Waals surface area contributed by atoms with Gasteiger partial charge in [-0.15, -0.1) is 0 Å². The lowest BCUT2D eigenvalue weighted by Crippen LogP contribution is -2.32. The summed E-state index contributed by atoms with van der Waals surface area (Å²) in [5, 5.41) is 20.7. The highest BCUT2D eigenvalue weighted by molar-refractivity contribution is 8.00. The van der Waals surface area contributed by atoms with Gasteiger partial charge in [0.2, 0.25) is 0 Å². The molecule has 0 spiro atoms. The number of carbonyl (C=O) groups excluding carboxylic acids is 2. The number of rotatable bonds is 14. The highest BCUT2D eigenvalue weighted by Crippen LogP contribution is 2.38. The third kappa shape index (κ3) is 9.44. The van der Waals surface area contributed by atoms with E-state index in [0.29, 0.717) is 12.2 Å². The fourth-order valence-corrected chi connectivity index (χ4v) is 5.20. The summed E-state index contributed by atoms with van der Waals surface area (Å²) >= 11 is 1.56. The molecule has 0 heterocycles. The highest BCUT2D eigenvalue weighted by atomic mass is 32.2. The molecule has 5 nitrogen and oxygen atoms in total. The summed E-state index contributed by atoms with van der Waals surface area (Å²) in [7, 11) is 1.40. The van der Waals surface area contributed by atoms with Crippen LogP contribution in [0.15, 0.2) is 0 Å². The lowest BCUT2D eigenvalue weighted by molar-refractivity contribution is -0.140. The number of aliphatic hydroxyl groups excluding tert-OH is 1. The Balaban J connectivity index is 2.36. The van der Waals surface area contributed by atoms with Crippen molar-refractivity contribution in [3.05, 3.63) is 0 Å². The third-order valence-electron chi connectivity index (χ3n) is 5.38. The van der Waals surface area contributed by atoms with Gasteiger partial charge in [-0.05, 0) is 26.2 Å². The number of Topliss-reactive ketones (excluding diaryl/α,β-unsaturated/α-hetero) is 1. The Labute approximate surface area is 168 Å². The lowest BCUT2D eigenvalue weighted by Gasteiger charge is -2.27. The summed E-state index contributed by atoms with van der Waals surface area (Å²) in [6.07, 6.45) is 8.53. The molecule has 158 valence electrons. The first-order valence-electron chi connectivity index (χ1n) is 10.4. The van der Waals surface area contributed by atoms with Gasteiger partial charge in [-0.1, -0.05) is 45.4 Å². The van der Waals surface area contributed by atoms with Crippen LogP contribution < -0.4 is 0 Å². The largest absolute Gasteiger partial charge is 0.469 e. The van der Waals surface area contributed by atoms with Crippen LogP contribution in [-0.4, -0.2) is 51.8 Å². The Morgan fingerprint density at radius 3 is 2.59 bits per heavy atom. The second kappa shape index (κ2) is 12.8. The Kier molecular flexibility index (Phi) is 11.6. The Hall–Kier alpha value is -0.590. The number of ketones is 1. The molecule has 0 aromatic carbocycles. The van der Waals surface area contributed by atoms with Crippen LogP contribution in [0.3, 0.4) is 0 Å². The van der Waals surface area contributed by atoms with Crippen molar-refractivity contribution in [1.82, 2.24) is 0 Å². The zero-order valence-electron chi connectivity index (χ0n) is 17.2. The molecule has 0 bridgehead atoms. The van der Waals surface area contributed by atoms with Crippen LogP contribution in [0.1, 0.15) is 84.5 Å². The average Bonchev–Trinajstić information content (AvgIpc) is 2.89. The van der Waals surface area contributed by atoms with Crippen LogP contribution in [0.2, 0.25) is 0 Å². The van der Waals surface area contributed by atoms with Gasteiger partial charge in [0.15, 0.2) is 0 Å². The molecule has 2 N–H and O–H groups in total. The predicted octanol–water partition coefficient (Wildman–Crippen LogP) is 3.88. The van der Waals surface area contributed by atoms with Crippen LogP contribution in [0, 0.1) is 5.92 Å². The molecule has 1 fully saturated rings. The van der Waals surface area contributed by atoms with Crippen molar-refractivity contribution in [3.8, 4) is 0 Å². The number of hydrogen-bond donors (Lipinski definition) is 2. The molecule has 4 atom stereocenters. The minimum Gasteiger partial charge on any atom is -0.469 e. The number of thioether (sulfide) groups is 1. The van der Waals surface area contributed by atoms with E-state index in [1.54, 1.807) is 11.8 Å². The lowest BCUT2D eigenvalue weighted by atomic mass is 9.98. The first-order chi connectivity index (χ1) is 12.8. The summed E-state index contributed by atoms with van der Waals surface area (Å²) in [5.41, 5.74) is -0.746. The van der Waals surface area contributed by atoms with Crippen molar-refractivity contribution >= 4 is 23.5 Å². The van der Waals surface area contributed by atoms with Crippen LogP contribution in [0.25, 0.3) is 0 Å². The molecule has 0 aromatic rings. The molecule has 1 rings (SSSR count). The smallest absolute Gasteiger partial charge is 0.305 e. The van der Waals surface area contributed by atoms with Gasteiger partial charge in [0.05, 0.1) is 18.8 Å². The standard InChI is InChI=1S/C21H38O5S/c1-4-5-10-13-21(2,25)15-27-20-16(17(22)14-18(20)23)11-8-6-7-9-12-19(24)26-3/h16,18,20,23,25H,4-15H2,1-3H3. The SMILES string of the molecule is CCCCCC(C)(O)CSC1C(O)CC(=O)C1CCCCCCC(=O)OC. The van der Waals surface area contributed by atoms with E-state index in [9.17, 15) is 19.8 Å². The molecule has 6 heteroatoms. The second-order valence-electron chi connectivity index (χ2n) is 8.10. The fraction of sp³-hybridized carbons (Fsp3) is 0.905. The van der Waals surface area contributed by atoms with Gasteiger partial charge in [0, 0.05) is 29.8 Å². The topological polar surface area (TPSA) is 83.8 Å². The number of ether oxygens (including phenoxy) is 1. The number of unbranched alkanes of at least 4 members (excludes halogenated alkanes) is 5. The molecule has 27 heavy (non-hydrogen) atoms. The van der Waals surface area contributed by atoms with E-state index < -0.39 is 11.7 Å². The quantitative estimate of drug-likeness (QED) is 0.339. The maximum atomic E-state index is 12.3. The maximum absolute atomic E-state index is 12.3. The minimum atomic E-state index is -0.746. The molecule has 0 saturated heterocycles. The van der Waals surface area contributed by atoms with E-state index in [4.69, 9.17) is 0 Å². The van der Waals surface area contributed by atoms with E-state index in [1.165, 1.54) is 7.11 Å². The molecule has 1 aliphatic rings. The predicted molar refractivity (Wildman–Crippen MR) is 110 cm³/mol. The number of aliphatic hydroxyl groups is 2.